The molecular formula is C16H22N2O5. The van der Waals surface area contributed by atoms with Gasteiger partial charge in [0.15, 0.2) is 11.5 Å². The van der Waals surface area contributed by atoms with E-state index in [9.17, 15) is 14.7 Å². The Kier molecular flexibility index (Phi) is 4.51. The molecule has 126 valence electrons. The van der Waals surface area contributed by atoms with Crippen LogP contribution in [0.4, 0.5) is 0 Å². The van der Waals surface area contributed by atoms with Crippen molar-refractivity contribution in [3.63, 3.8) is 0 Å². The van der Waals surface area contributed by atoms with Crippen molar-refractivity contribution >= 4 is 11.8 Å². The summed E-state index contributed by atoms with van der Waals surface area (Å²) >= 11 is 0. The highest BCUT2D eigenvalue weighted by atomic mass is 16.7. The molecule has 0 saturated heterocycles. The first-order valence-electron chi connectivity index (χ1n) is 7.31. The molecule has 23 heavy (non-hydrogen) atoms. The van der Waals surface area contributed by atoms with Gasteiger partial charge in [-0.15, -0.1) is 0 Å². The number of amides is 2. The summed E-state index contributed by atoms with van der Waals surface area (Å²) in [6.07, 6.45) is 0. The molecule has 0 spiro atoms. The van der Waals surface area contributed by atoms with Crippen LogP contribution in [0.2, 0.25) is 0 Å². The molecule has 1 aliphatic heterocycles. The Labute approximate surface area is 135 Å². The molecule has 1 unspecified atom stereocenters. The van der Waals surface area contributed by atoms with E-state index in [2.05, 4.69) is 10.6 Å². The number of ether oxygens (including phenoxy) is 2. The number of aliphatic hydroxyl groups is 1. The maximum Gasteiger partial charge on any atom is 0.309 e. The van der Waals surface area contributed by atoms with E-state index in [4.69, 9.17) is 9.47 Å². The normalized spacial score (nSPS) is 15.7. The highest BCUT2D eigenvalue weighted by Gasteiger charge is 2.28. The van der Waals surface area contributed by atoms with Crippen molar-refractivity contribution in [1.82, 2.24) is 10.6 Å². The molecule has 2 amide bonds. The lowest BCUT2D eigenvalue weighted by Crippen LogP contribution is -2.50. The van der Waals surface area contributed by atoms with Crippen molar-refractivity contribution < 1.29 is 24.2 Å². The van der Waals surface area contributed by atoms with Gasteiger partial charge in [0.05, 0.1) is 6.54 Å². The minimum atomic E-state index is -1.35. The van der Waals surface area contributed by atoms with Crippen LogP contribution >= 0.6 is 0 Å². The molecule has 0 bridgehead atoms. The minimum Gasteiger partial charge on any atom is -0.454 e. The lowest BCUT2D eigenvalue weighted by atomic mass is 9.95. The van der Waals surface area contributed by atoms with Crippen molar-refractivity contribution in [2.24, 2.45) is 0 Å². The fourth-order valence-corrected chi connectivity index (χ4v) is 2.06. The Bertz CT molecular complexity index is 619. The van der Waals surface area contributed by atoms with Crippen LogP contribution < -0.4 is 20.1 Å². The zero-order chi connectivity index (χ0) is 17.3. The Morgan fingerprint density at radius 3 is 2.43 bits per heavy atom. The van der Waals surface area contributed by atoms with Crippen LogP contribution in [0.3, 0.4) is 0 Å². The summed E-state index contributed by atoms with van der Waals surface area (Å²) in [6.45, 7) is 6.92. The van der Waals surface area contributed by atoms with Gasteiger partial charge in [0, 0.05) is 5.54 Å². The van der Waals surface area contributed by atoms with Crippen molar-refractivity contribution in [3.8, 4) is 11.5 Å². The first-order chi connectivity index (χ1) is 10.6. The summed E-state index contributed by atoms with van der Waals surface area (Å²) < 4.78 is 10.5. The Morgan fingerprint density at radius 1 is 1.13 bits per heavy atom. The summed E-state index contributed by atoms with van der Waals surface area (Å²) in [6, 6.07) is 5.04. The smallest absolute Gasteiger partial charge is 0.309 e. The fourth-order valence-electron chi connectivity index (χ4n) is 2.06. The van der Waals surface area contributed by atoms with Gasteiger partial charge in [0.2, 0.25) is 6.79 Å². The predicted molar refractivity (Wildman–Crippen MR) is 83.0 cm³/mol. The molecule has 0 fully saturated rings. The Morgan fingerprint density at radius 2 is 1.78 bits per heavy atom. The third-order valence-corrected chi connectivity index (χ3v) is 3.28. The summed E-state index contributed by atoms with van der Waals surface area (Å²) in [5.41, 5.74) is -1.30. The molecule has 3 N–H and O–H groups in total. The van der Waals surface area contributed by atoms with Crippen LogP contribution in [0.25, 0.3) is 0 Å². The van der Waals surface area contributed by atoms with Gasteiger partial charge in [0.25, 0.3) is 0 Å². The molecule has 7 heteroatoms. The molecule has 7 nitrogen and oxygen atoms in total. The average molecular weight is 322 g/mol. The monoisotopic (exact) mass is 322 g/mol. The highest BCUT2D eigenvalue weighted by Crippen LogP contribution is 2.35. The fraction of sp³-hybridized carbons (Fsp3) is 0.500. The lowest BCUT2D eigenvalue weighted by molar-refractivity contribution is -0.140. The maximum atomic E-state index is 11.8. The summed E-state index contributed by atoms with van der Waals surface area (Å²) in [5, 5.41) is 15.5. The van der Waals surface area contributed by atoms with Crippen molar-refractivity contribution in [3.05, 3.63) is 23.8 Å². The van der Waals surface area contributed by atoms with E-state index in [0.29, 0.717) is 17.1 Å². The zero-order valence-corrected chi connectivity index (χ0v) is 13.7. The largest absolute Gasteiger partial charge is 0.454 e. The summed E-state index contributed by atoms with van der Waals surface area (Å²) in [7, 11) is 0. The average Bonchev–Trinajstić information content (AvgIpc) is 2.90. The quantitative estimate of drug-likeness (QED) is 0.710. The second-order valence-electron chi connectivity index (χ2n) is 6.73. The van der Waals surface area contributed by atoms with Crippen molar-refractivity contribution in [2.75, 3.05) is 13.3 Å². The molecule has 1 aromatic carbocycles. The lowest BCUT2D eigenvalue weighted by Gasteiger charge is -2.25. The SMILES string of the molecule is CC(C)(C)NC(=O)C(=O)NCC(C)(O)c1ccc2c(c1)OCO2. The number of hydrogen-bond donors (Lipinski definition) is 3. The third kappa shape index (κ3) is 4.35. The van der Waals surface area contributed by atoms with Crippen LogP contribution in [0, 0.1) is 0 Å². The molecule has 0 aromatic heterocycles. The summed E-state index contributed by atoms with van der Waals surface area (Å²) in [4.78, 5) is 23.5. The second-order valence-corrected chi connectivity index (χ2v) is 6.73. The summed E-state index contributed by atoms with van der Waals surface area (Å²) in [5.74, 6) is -0.377. The van der Waals surface area contributed by atoms with Crippen LogP contribution in [0.5, 0.6) is 11.5 Å². The van der Waals surface area contributed by atoms with E-state index in [0.717, 1.165) is 0 Å². The van der Waals surface area contributed by atoms with Crippen LogP contribution in [-0.2, 0) is 15.2 Å². The Hall–Kier alpha value is -2.28. The van der Waals surface area contributed by atoms with Crippen LogP contribution in [0.1, 0.15) is 33.3 Å². The number of carbonyl (C=O) groups is 2. The molecule has 2 rings (SSSR count). The van der Waals surface area contributed by atoms with Crippen molar-refractivity contribution in [2.45, 2.75) is 38.8 Å². The first kappa shape index (κ1) is 17.1. The zero-order valence-electron chi connectivity index (χ0n) is 13.7. The van der Waals surface area contributed by atoms with Gasteiger partial charge in [-0.05, 0) is 45.4 Å². The molecule has 1 heterocycles. The number of carbonyl (C=O) groups excluding carboxylic acids is 2. The van der Waals surface area contributed by atoms with E-state index in [-0.39, 0.29) is 13.3 Å². The van der Waals surface area contributed by atoms with E-state index < -0.39 is 23.0 Å². The van der Waals surface area contributed by atoms with E-state index in [1.807, 2.05) is 0 Å². The van der Waals surface area contributed by atoms with Crippen LogP contribution in [0.15, 0.2) is 18.2 Å². The van der Waals surface area contributed by atoms with Gasteiger partial charge < -0.3 is 25.2 Å². The molecule has 1 aliphatic rings. The molecule has 1 aromatic rings. The third-order valence-electron chi connectivity index (χ3n) is 3.28. The highest BCUT2D eigenvalue weighted by molar-refractivity contribution is 6.35. The molecule has 1 atom stereocenters. The van der Waals surface area contributed by atoms with Crippen LogP contribution in [-0.4, -0.2) is 35.8 Å². The molecule has 0 radical (unpaired) electrons. The molecular weight excluding hydrogens is 300 g/mol. The van der Waals surface area contributed by atoms with E-state index >= 15 is 0 Å². The van der Waals surface area contributed by atoms with Gasteiger partial charge in [0.1, 0.15) is 5.60 Å². The standard InChI is InChI=1S/C16H22N2O5/c1-15(2,3)18-14(20)13(19)17-8-16(4,21)10-5-6-11-12(7-10)23-9-22-11/h5-7,21H,8-9H2,1-4H3,(H,17,19)(H,18,20). The first-order valence-corrected chi connectivity index (χ1v) is 7.31. The number of benzene rings is 1. The molecule has 0 aliphatic carbocycles. The molecule has 0 saturated carbocycles. The van der Waals surface area contributed by atoms with Gasteiger partial charge >= 0.3 is 11.8 Å². The maximum absolute atomic E-state index is 11.8. The number of fused-ring (bicyclic) bond motifs is 1. The predicted octanol–water partition coefficient (Wildman–Crippen LogP) is 0.654. The van der Waals surface area contributed by atoms with Crippen molar-refractivity contribution in [1.29, 1.82) is 0 Å². The van der Waals surface area contributed by atoms with Gasteiger partial charge in [-0.1, -0.05) is 6.07 Å². The van der Waals surface area contributed by atoms with E-state index in [1.165, 1.54) is 0 Å². The van der Waals surface area contributed by atoms with Gasteiger partial charge in [-0.25, -0.2) is 0 Å². The number of rotatable bonds is 3. The minimum absolute atomic E-state index is 0.108. The van der Waals surface area contributed by atoms with E-state index in [1.54, 1.807) is 45.9 Å². The topological polar surface area (TPSA) is 96.9 Å². The van der Waals surface area contributed by atoms with Gasteiger partial charge in [-0.2, -0.15) is 0 Å². The Balaban J connectivity index is 1.98. The second kappa shape index (κ2) is 6.08. The number of nitrogens with one attached hydrogen (secondary N) is 2. The van der Waals surface area contributed by atoms with Gasteiger partial charge in [-0.3, -0.25) is 9.59 Å². The number of hydrogen-bond acceptors (Lipinski definition) is 5.